The standard InChI is InChI=1S/C13H16ClNO/c14-7-6-13(16)15-9-10-4-5-11-2-1-3-12(11)8-10/h4-5,8H,1-3,6-7,9H2,(H,15,16). The summed E-state index contributed by atoms with van der Waals surface area (Å²) in [6.07, 6.45) is 4.04. The van der Waals surface area contributed by atoms with Gasteiger partial charge in [0.15, 0.2) is 0 Å². The number of carbonyl (C=O) groups is 1. The second-order valence-electron chi connectivity index (χ2n) is 4.17. The lowest BCUT2D eigenvalue weighted by Gasteiger charge is -2.06. The number of carbonyl (C=O) groups excluding carboxylic acids is 1. The third-order valence-electron chi connectivity index (χ3n) is 2.97. The van der Waals surface area contributed by atoms with Crippen molar-refractivity contribution in [3.05, 3.63) is 34.9 Å². The highest BCUT2D eigenvalue weighted by Gasteiger charge is 2.10. The van der Waals surface area contributed by atoms with Crippen molar-refractivity contribution in [2.24, 2.45) is 0 Å². The molecule has 1 aliphatic rings. The molecule has 86 valence electrons. The van der Waals surface area contributed by atoms with Gasteiger partial charge >= 0.3 is 0 Å². The van der Waals surface area contributed by atoms with E-state index >= 15 is 0 Å². The zero-order valence-electron chi connectivity index (χ0n) is 9.26. The zero-order chi connectivity index (χ0) is 11.4. The Morgan fingerprint density at radius 3 is 2.94 bits per heavy atom. The Morgan fingerprint density at radius 1 is 1.31 bits per heavy atom. The normalized spacial score (nSPS) is 13.6. The van der Waals surface area contributed by atoms with Gasteiger partial charge < -0.3 is 5.32 Å². The second kappa shape index (κ2) is 5.35. The third-order valence-corrected chi connectivity index (χ3v) is 3.16. The fourth-order valence-electron chi connectivity index (χ4n) is 2.11. The average molecular weight is 238 g/mol. The molecule has 0 aliphatic heterocycles. The van der Waals surface area contributed by atoms with Gasteiger partial charge in [-0.25, -0.2) is 0 Å². The molecular weight excluding hydrogens is 222 g/mol. The van der Waals surface area contributed by atoms with Gasteiger partial charge in [-0.2, -0.15) is 0 Å². The summed E-state index contributed by atoms with van der Waals surface area (Å²) in [6, 6.07) is 6.50. The van der Waals surface area contributed by atoms with Crippen LogP contribution in [0.3, 0.4) is 0 Å². The quantitative estimate of drug-likeness (QED) is 0.801. The van der Waals surface area contributed by atoms with Gasteiger partial charge in [0, 0.05) is 18.8 Å². The van der Waals surface area contributed by atoms with Crippen molar-refractivity contribution in [1.82, 2.24) is 5.32 Å². The molecule has 3 heteroatoms. The van der Waals surface area contributed by atoms with Gasteiger partial charge in [0.25, 0.3) is 0 Å². The highest BCUT2D eigenvalue weighted by molar-refractivity contribution is 6.18. The summed E-state index contributed by atoms with van der Waals surface area (Å²) < 4.78 is 0. The van der Waals surface area contributed by atoms with Gasteiger partial charge in [-0.1, -0.05) is 18.2 Å². The first-order chi connectivity index (χ1) is 7.79. The third kappa shape index (κ3) is 2.76. The first-order valence-corrected chi connectivity index (χ1v) is 6.26. The maximum Gasteiger partial charge on any atom is 0.221 e. The second-order valence-corrected chi connectivity index (χ2v) is 4.55. The lowest BCUT2D eigenvalue weighted by atomic mass is 10.1. The summed E-state index contributed by atoms with van der Waals surface area (Å²) in [5, 5.41) is 2.87. The first-order valence-electron chi connectivity index (χ1n) is 5.73. The van der Waals surface area contributed by atoms with Crippen LogP contribution < -0.4 is 5.32 Å². The van der Waals surface area contributed by atoms with Crippen molar-refractivity contribution in [3.63, 3.8) is 0 Å². The van der Waals surface area contributed by atoms with Crippen molar-refractivity contribution in [3.8, 4) is 0 Å². The van der Waals surface area contributed by atoms with Crippen molar-refractivity contribution in [2.75, 3.05) is 5.88 Å². The van der Waals surface area contributed by atoms with E-state index in [0.717, 1.165) is 0 Å². The monoisotopic (exact) mass is 237 g/mol. The minimum absolute atomic E-state index is 0.0236. The number of halogens is 1. The van der Waals surface area contributed by atoms with Crippen LogP contribution in [0.15, 0.2) is 18.2 Å². The Balaban J connectivity index is 1.93. The Hall–Kier alpha value is -1.02. The number of aryl methyl sites for hydroxylation is 2. The molecule has 0 radical (unpaired) electrons. The van der Waals surface area contributed by atoms with Gasteiger partial charge in [0.1, 0.15) is 0 Å². The van der Waals surface area contributed by atoms with E-state index in [0.29, 0.717) is 18.8 Å². The number of fused-ring (bicyclic) bond motifs is 1. The molecule has 0 saturated carbocycles. The summed E-state index contributed by atoms with van der Waals surface area (Å²) in [4.78, 5) is 11.3. The molecule has 1 aromatic carbocycles. The van der Waals surface area contributed by atoms with Crippen molar-refractivity contribution < 1.29 is 4.79 Å². The van der Waals surface area contributed by atoms with Crippen LogP contribution in [0.25, 0.3) is 0 Å². The van der Waals surface area contributed by atoms with E-state index < -0.39 is 0 Å². The largest absolute Gasteiger partial charge is 0.352 e. The lowest BCUT2D eigenvalue weighted by molar-refractivity contribution is -0.120. The number of amides is 1. The highest BCUT2D eigenvalue weighted by Crippen LogP contribution is 2.22. The van der Waals surface area contributed by atoms with E-state index in [2.05, 4.69) is 23.5 Å². The van der Waals surface area contributed by atoms with E-state index in [1.54, 1.807) is 0 Å². The van der Waals surface area contributed by atoms with Crippen LogP contribution in [-0.2, 0) is 24.2 Å². The molecule has 0 spiro atoms. The van der Waals surface area contributed by atoms with E-state index in [4.69, 9.17) is 11.6 Å². The number of rotatable bonds is 4. The molecule has 0 fully saturated rings. The fraction of sp³-hybridized carbons (Fsp3) is 0.462. The molecule has 0 bridgehead atoms. The SMILES string of the molecule is O=C(CCCl)NCc1ccc2c(c1)CCC2. The van der Waals surface area contributed by atoms with Gasteiger partial charge in [-0.3, -0.25) is 4.79 Å². The molecule has 1 aliphatic carbocycles. The van der Waals surface area contributed by atoms with Crippen LogP contribution in [0.1, 0.15) is 29.5 Å². The molecule has 16 heavy (non-hydrogen) atoms. The topological polar surface area (TPSA) is 29.1 Å². The van der Waals surface area contributed by atoms with Crippen LogP contribution in [0.5, 0.6) is 0 Å². The minimum Gasteiger partial charge on any atom is -0.352 e. The average Bonchev–Trinajstić information content (AvgIpc) is 2.74. The maximum absolute atomic E-state index is 11.3. The van der Waals surface area contributed by atoms with Gasteiger partial charge in [0.2, 0.25) is 5.91 Å². The van der Waals surface area contributed by atoms with Gasteiger partial charge in [-0.05, 0) is 36.0 Å². The van der Waals surface area contributed by atoms with Crippen LogP contribution in [-0.4, -0.2) is 11.8 Å². The molecule has 2 rings (SSSR count). The predicted octanol–water partition coefficient (Wildman–Crippen LogP) is 2.42. The first kappa shape index (κ1) is 11.5. The zero-order valence-corrected chi connectivity index (χ0v) is 10.0. The molecule has 1 aromatic rings. The predicted molar refractivity (Wildman–Crippen MR) is 65.7 cm³/mol. The molecule has 0 heterocycles. The van der Waals surface area contributed by atoms with E-state index in [-0.39, 0.29) is 5.91 Å². The molecule has 0 aromatic heterocycles. The number of hydrogen-bond donors (Lipinski definition) is 1. The molecular formula is C13H16ClNO. The summed E-state index contributed by atoms with van der Waals surface area (Å²) >= 11 is 5.49. The Labute approximate surface area is 101 Å². The van der Waals surface area contributed by atoms with Crippen LogP contribution >= 0.6 is 11.6 Å². The molecule has 0 atom stereocenters. The summed E-state index contributed by atoms with van der Waals surface area (Å²) in [5.41, 5.74) is 4.10. The Morgan fingerprint density at radius 2 is 2.12 bits per heavy atom. The molecule has 1 amide bonds. The van der Waals surface area contributed by atoms with Crippen LogP contribution in [0, 0.1) is 0 Å². The molecule has 0 saturated heterocycles. The smallest absolute Gasteiger partial charge is 0.221 e. The van der Waals surface area contributed by atoms with Crippen LogP contribution in [0.4, 0.5) is 0 Å². The van der Waals surface area contributed by atoms with Crippen molar-refractivity contribution >= 4 is 17.5 Å². The number of benzene rings is 1. The van der Waals surface area contributed by atoms with E-state index in [9.17, 15) is 4.79 Å². The van der Waals surface area contributed by atoms with E-state index in [1.807, 2.05) is 0 Å². The lowest BCUT2D eigenvalue weighted by Crippen LogP contribution is -2.22. The Bertz CT molecular complexity index is 390. The fourth-order valence-corrected chi connectivity index (χ4v) is 2.28. The van der Waals surface area contributed by atoms with E-state index in [1.165, 1.54) is 36.0 Å². The van der Waals surface area contributed by atoms with Gasteiger partial charge in [0.05, 0.1) is 0 Å². The maximum atomic E-state index is 11.3. The summed E-state index contributed by atoms with van der Waals surface area (Å²) in [7, 11) is 0. The summed E-state index contributed by atoms with van der Waals surface area (Å²) in [6.45, 7) is 0.614. The molecule has 2 nitrogen and oxygen atoms in total. The molecule has 0 unspecified atom stereocenters. The van der Waals surface area contributed by atoms with Gasteiger partial charge in [-0.15, -0.1) is 11.6 Å². The minimum atomic E-state index is 0.0236. The van der Waals surface area contributed by atoms with Crippen LogP contribution in [0.2, 0.25) is 0 Å². The number of nitrogens with one attached hydrogen (secondary N) is 1. The Kier molecular flexibility index (Phi) is 3.83. The number of hydrogen-bond acceptors (Lipinski definition) is 1. The van der Waals surface area contributed by atoms with Crippen molar-refractivity contribution in [1.29, 1.82) is 0 Å². The number of alkyl halides is 1. The molecule has 1 N–H and O–H groups in total. The van der Waals surface area contributed by atoms with Crippen molar-refractivity contribution in [2.45, 2.75) is 32.2 Å². The summed E-state index contributed by atoms with van der Waals surface area (Å²) in [5.74, 6) is 0.409. The highest BCUT2D eigenvalue weighted by atomic mass is 35.5.